The molecule has 6 heteroatoms. The third kappa shape index (κ3) is 59.8. The molecule has 0 aromatic rings. The average molecular weight is 1030 g/mol. The smallest absolute Gasteiger partial charge is 0.306 e. The molecular formula is C69H108O6. The summed E-state index contributed by atoms with van der Waals surface area (Å²) in [6.07, 6.45) is 89.5. The Morgan fingerprint density at radius 2 is 0.507 bits per heavy atom. The normalized spacial score (nSPS) is 13.3. The van der Waals surface area contributed by atoms with Gasteiger partial charge in [0, 0.05) is 19.3 Å². The molecule has 1 atom stereocenters. The molecule has 420 valence electrons. The molecule has 0 aliphatic heterocycles. The van der Waals surface area contributed by atoms with Crippen LogP contribution >= 0.6 is 0 Å². The molecule has 0 N–H and O–H groups in total. The molecule has 0 aromatic carbocycles. The molecule has 6 nitrogen and oxygen atoms in total. The van der Waals surface area contributed by atoms with E-state index in [1.807, 2.05) is 12.2 Å². The fraction of sp³-hybridized carbons (Fsp3) is 0.580. The summed E-state index contributed by atoms with van der Waals surface area (Å²) in [5, 5.41) is 0. The third-order valence-electron chi connectivity index (χ3n) is 12.0. The molecule has 0 heterocycles. The maximum Gasteiger partial charge on any atom is 0.306 e. The van der Waals surface area contributed by atoms with Gasteiger partial charge in [0.15, 0.2) is 6.10 Å². The molecule has 0 aliphatic rings. The van der Waals surface area contributed by atoms with Crippen molar-refractivity contribution in [3.8, 4) is 0 Å². The van der Waals surface area contributed by atoms with Crippen LogP contribution in [0.15, 0.2) is 158 Å². The summed E-state index contributed by atoms with van der Waals surface area (Å²) in [6, 6.07) is 0. The van der Waals surface area contributed by atoms with Crippen LogP contribution in [-0.4, -0.2) is 37.2 Å². The van der Waals surface area contributed by atoms with E-state index < -0.39 is 6.10 Å². The average Bonchev–Trinajstić information content (AvgIpc) is 3.41. The van der Waals surface area contributed by atoms with Gasteiger partial charge in [0.1, 0.15) is 13.2 Å². The topological polar surface area (TPSA) is 78.9 Å². The number of ether oxygens (including phenoxy) is 3. The Kier molecular flexibility index (Phi) is 57.5. The lowest BCUT2D eigenvalue weighted by atomic mass is 10.1. The molecular weight excluding hydrogens is 925 g/mol. The highest BCUT2D eigenvalue weighted by Gasteiger charge is 2.19. The molecule has 0 bridgehead atoms. The molecule has 0 radical (unpaired) electrons. The van der Waals surface area contributed by atoms with Gasteiger partial charge in [0.05, 0.1) is 0 Å². The van der Waals surface area contributed by atoms with Gasteiger partial charge in [-0.05, 0) is 148 Å². The first-order chi connectivity index (χ1) is 37.0. The van der Waals surface area contributed by atoms with E-state index in [2.05, 4.69) is 167 Å². The molecule has 0 aromatic heterocycles. The van der Waals surface area contributed by atoms with Crippen LogP contribution in [0.3, 0.4) is 0 Å². The molecule has 0 saturated carbocycles. The highest BCUT2D eigenvalue weighted by Crippen LogP contribution is 2.11. The Balaban J connectivity index is 4.65. The second-order valence-electron chi connectivity index (χ2n) is 19.2. The fourth-order valence-corrected chi connectivity index (χ4v) is 7.45. The SMILES string of the molecule is CCCCC/C=C\C/C=C\C/C=C\C/C=C\C/C=C\CCC(=O)OC[C@H](COC(=O)CCCCC/C=C\C/C=C\C/C=C\C/C=C\CCCCC)OC(=O)CCCCC/C=C\C/C=C\C/C=C\C/C=C\CCCCC. The minimum Gasteiger partial charge on any atom is -0.462 e. The van der Waals surface area contributed by atoms with Gasteiger partial charge in [0.25, 0.3) is 0 Å². The first-order valence-corrected chi connectivity index (χ1v) is 30.0. The predicted molar refractivity (Wildman–Crippen MR) is 325 cm³/mol. The summed E-state index contributed by atoms with van der Waals surface area (Å²) in [6.45, 7) is 6.42. The van der Waals surface area contributed by atoms with Crippen molar-refractivity contribution in [2.24, 2.45) is 0 Å². The Morgan fingerprint density at radius 1 is 0.267 bits per heavy atom. The number of hydrogen-bond acceptors (Lipinski definition) is 6. The first-order valence-electron chi connectivity index (χ1n) is 30.0. The lowest BCUT2D eigenvalue weighted by Crippen LogP contribution is -2.30. The number of unbranched alkanes of at least 4 members (excludes halogenated alkanes) is 15. The van der Waals surface area contributed by atoms with Crippen molar-refractivity contribution in [2.45, 2.75) is 245 Å². The summed E-state index contributed by atoms with van der Waals surface area (Å²) in [4.78, 5) is 38.2. The van der Waals surface area contributed by atoms with Gasteiger partial charge in [-0.2, -0.15) is 0 Å². The summed E-state index contributed by atoms with van der Waals surface area (Å²) in [5.74, 6) is -1.09. The standard InChI is InChI=1S/C69H108O6/c1-4-7-10-13-16-19-22-25-28-31-34-37-40-43-46-49-52-55-58-61-67(70)73-64-66(75-69(72)63-60-57-54-51-48-45-42-39-36-33-30-27-24-21-18-15-12-9-6-3)65-74-68(71)62-59-56-53-50-47-44-41-38-35-32-29-26-23-20-17-14-11-8-5-2/h16-21,25-30,34-39,43-48,52,55,66H,4-15,22-24,31-33,40-42,49-51,53-54,56-65H2,1-3H3/b19-16-,20-17-,21-18-,28-25-,29-26-,30-27-,37-34-,38-35-,39-36-,46-43-,47-44-,48-45-,55-52-/t66-/m1/s1. The maximum atomic E-state index is 12.9. The molecule has 0 rings (SSSR count). The molecule has 0 fully saturated rings. The number of esters is 3. The van der Waals surface area contributed by atoms with Crippen molar-refractivity contribution in [1.82, 2.24) is 0 Å². The molecule has 0 saturated heterocycles. The van der Waals surface area contributed by atoms with Crippen molar-refractivity contribution in [2.75, 3.05) is 13.2 Å². The molecule has 75 heavy (non-hydrogen) atoms. The number of hydrogen-bond donors (Lipinski definition) is 0. The second-order valence-corrected chi connectivity index (χ2v) is 19.2. The van der Waals surface area contributed by atoms with E-state index in [0.717, 1.165) is 109 Å². The minimum atomic E-state index is -0.848. The van der Waals surface area contributed by atoms with E-state index in [9.17, 15) is 14.4 Å². The third-order valence-corrected chi connectivity index (χ3v) is 12.0. The van der Waals surface area contributed by atoms with Crippen molar-refractivity contribution >= 4 is 17.9 Å². The van der Waals surface area contributed by atoms with Gasteiger partial charge in [-0.1, -0.05) is 230 Å². The zero-order chi connectivity index (χ0) is 54.3. The molecule has 0 aliphatic carbocycles. The van der Waals surface area contributed by atoms with Crippen LogP contribution in [0, 0.1) is 0 Å². The minimum absolute atomic E-state index is 0.138. The molecule has 0 unspecified atom stereocenters. The van der Waals surface area contributed by atoms with Gasteiger partial charge < -0.3 is 14.2 Å². The second kappa shape index (κ2) is 61.6. The van der Waals surface area contributed by atoms with Crippen LogP contribution in [0.1, 0.15) is 239 Å². The Morgan fingerprint density at radius 3 is 0.800 bits per heavy atom. The number of rotatable bonds is 52. The Hall–Kier alpha value is -4.97. The molecule has 0 spiro atoms. The zero-order valence-electron chi connectivity index (χ0n) is 48.0. The monoisotopic (exact) mass is 1030 g/mol. The predicted octanol–water partition coefficient (Wildman–Crippen LogP) is 20.5. The highest BCUT2D eigenvalue weighted by atomic mass is 16.6. The highest BCUT2D eigenvalue weighted by molar-refractivity contribution is 5.71. The molecule has 0 amide bonds. The van der Waals surface area contributed by atoms with E-state index in [1.54, 1.807) is 0 Å². The van der Waals surface area contributed by atoms with Crippen LogP contribution in [0.4, 0.5) is 0 Å². The van der Waals surface area contributed by atoms with Crippen molar-refractivity contribution in [1.29, 1.82) is 0 Å². The van der Waals surface area contributed by atoms with Crippen LogP contribution in [0.2, 0.25) is 0 Å². The summed E-state index contributed by atoms with van der Waals surface area (Å²) in [5.41, 5.74) is 0. The quantitative estimate of drug-likeness (QED) is 0.0261. The van der Waals surface area contributed by atoms with Crippen LogP contribution in [-0.2, 0) is 28.6 Å². The Bertz CT molecular complexity index is 1710. The number of carbonyl (C=O) groups is 3. The maximum absolute atomic E-state index is 12.9. The van der Waals surface area contributed by atoms with Gasteiger partial charge in [-0.3, -0.25) is 14.4 Å². The van der Waals surface area contributed by atoms with Crippen LogP contribution in [0.5, 0.6) is 0 Å². The summed E-state index contributed by atoms with van der Waals surface area (Å²) >= 11 is 0. The summed E-state index contributed by atoms with van der Waals surface area (Å²) in [7, 11) is 0. The van der Waals surface area contributed by atoms with Crippen molar-refractivity contribution in [3.05, 3.63) is 158 Å². The van der Waals surface area contributed by atoms with E-state index in [4.69, 9.17) is 14.2 Å². The first kappa shape index (κ1) is 70.0. The van der Waals surface area contributed by atoms with Gasteiger partial charge in [0.2, 0.25) is 0 Å². The largest absolute Gasteiger partial charge is 0.462 e. The number of carbonyl (C=O) groups excluding carboxylic acids is 3. The van der Waals surface area contributed by atoms with Crippen LogP contribution in [0.25, 0.3) is 0 Å². The number of allylic oxidation sites excluding steroid dienone is 26. The van der Waals surface area contributed by atoms with E-state index in [-0.39, 0.29) is 44.0 Å². The van der Waals surface area contributed by atoms with Gasteiger partial charge in [-0.15, -0.1) is 0 Å². The zero-order valence-corrected chi connectivity index (χ0v) is 48.0. The van der Waals surface area contributed by atoms with E-state index in [1.165, 1.54) is 77.0 Å². The van der Waals surface area contributed by atoms with E-state index >= 15 is 0 Å². The summed E-state index contributed by atoms with van der Waals surface area (Å²) < 4.78 is 16.8. The van der Waals surface area contributed by atoms with E-state index in [0.29, 0.717) is 19.3 Å². The fourth-order valence-electron chi connectivity index (χ4n) is 7.45. The van der Waals surface area contributed by atoms with Crippen molar-refractivity contribution in [3.63, 3.8) is 0 Å². The van der Waals surface area contributed by atoms with Crippen LogP contribution < -0.4 is 0 Å². The van der Waals surface area contributed by atoms with Gasteiger partial charge >= 0.3 is 17.9 Å². The van der Waals surface area contributed by atoms with Crippen molar-refractivity contribution < 1.29 is 28.6 Å². The Labute approximate surface area is 460 Å². The lowest BCUT2D eigenvalue weighted by Gasteiger charge is -2.18. The lowest BCUT2D eigenvalue weighted by molar-refractivity contribution is -0.166. The van der Waals surface area contributed by atoms with Gasteiger partial charge in [-0.25, -0.2) is 0 Å².